The van der Waals surface area contributed by atoms with Gasteiger partial charge in [-0.3, -0.25) is 4.79 Å². The minimum atomic E-state index is -5.08. The van der Waals surface area contributed by atoms with Crippen molar-refractivity contribution in [3.8, 4) is 11.8 Å². The summed E-state index contributed by atoms with van der Waals surface area (Å²) in [5.41, 5.74) is 0.456. The minimum absolute atomic E-state index is 0.285. The summed E-state index contributed by atoms with van der Waals surface area (Å²) in [6.45, 7) is 1.06. The Bertz CT molecular complexity index is 933. The van der Waals surface area contributed by atoms with Gasteiger partial charge in [0.25, 0.3) is 0 Å². The molecule has 2 heterocycles. The second-order valence-electron chi connectivity index (χ2n) is 6.00. The number of nitrogens with one attached hydrogen (secondary N) is 2. The summed E-state index contributed by atoms with van der Waals surface area (Å²) in [5.74, 6) is -3.04. The number of carbonyl (C=O) groups is 2. The maximum absolute atomic E-state index is 12.4. The molecular weight excluding hydrogens is 459 g/mol. The number of rotatable bonds is 3. The van der Waals surface area contributed by atoms with Crippen LogP contribution in [0.25, 0.3) is 5.69 Å². The number of halogens is 4. The molecular formula is C17H15BrF3N5O3. The molecule has 29 heavy (non-hydrogen) atoms. The number of carboxylic acids is 1. The summed E-state index contributed by atoms with van der Waals surface area (Å²) in [6.07, 6.45) is -1.26. The Balaban J connectivity index is 0.000000370. The zero-order valence-corrected chi connectivity index (χ0v) is 16.3. The van der Waals surface area contributed by atoms with Crippen molar-refractivity contribution in [3.63, 3.8) is 0 Å². The van der Waals surface area contributed by atoms with Crippen LogP contribution in [-0.2, 0) is 9.59 Å². The largest absolute Gasteiger partial charge is 0.490 e. The number of benzene rings is 1. The average molecular weight is 474 g/mol. The predicted molar refractivity (Wildman–Crippen MR) is 99.1 cm³/mol. The number of anilines is 1. The molecule has 1 unspecified atom stereocenters. The molecule has 0 spiro atoms. The van der Waals surface area contributed by atoms with Crippen molar-refractivity contribution in [1.29, 1.82) is 5.26 Å². The third-order valence-corrected chi connectivity index (χ3v) is 4.66. The van der Waals surface area contributed by atoms with Crippen molar-refractivity contribution in [2.24, 2.45) is 5.41 Å². The molecule has 1 aliphatic rings. The quantitative estimate of drug-likeness (QED) is 0.630. The van der Waals surface area contributed by atoms with E-state index in [1.54, 1.807) is 17.1 Å². The minimum Gasteiger partial charge on any atom is -0.475 e. The molecule has 12 heteroatoms. The Hall–Kier alpha value is -2.91. The van der Waals surface area contributed by atoms with Gasteiger partial charge in [-0.1, -0.05) is 12.1 Å². The molecule has 1 saturated heterocycles. The van der Waals surface area contributed by atoms with Crippen molar-refractivity contribution in [2.75, 3.05) is 18.4 Å². The van der Waals surface area contributed by atoms with Crippen LogP contribution in [0.3, 0.4) is 0 Å². The van der Waals surface area contributed by atoms with E-state index in [0.29, 0.717) is 25.2 Å². The molecule has 3 rings (SSSR count). The van der Waals surface area contributed by atoms with Gasteiger partial charge < -0.3 is 15.7 Å². The highest BCUT2D eigenvalue weighted by molar-refractivity contribution is 9.10. The fourth-order valence-corrected chi connectivity index (χ4v) is 2.91. The summed E-state index contributed by atoms with van der Waals surface area (Å²) in [7, 11) is 0. The van der Waals surface area contributed by atoms with E-state index in [0.717, 1.165) is 10.2 Å². The number of carbonyl (C=O) groups excluding carboxylic acids is 1. The molecule has 1 aromatic carbocycles. The van der Waals surface area contributed by atoms with E-state index in [1.807, 2.05) is 24.3 Å². The standard InChI is InChI=1S/C15H14BrN5O.C2HF3O2/c16-12-3-1-2-4-13(12)21-8-11(7-19-21)20-14(22)15(9-17)5-6-18-10-15;3-2(4,5)1(6)7/h1-4,7-8,18H,5-6,10H2,(H,20,22);(H,6,7). The summed E-state index contributed by atoms with van der Waals surface area (Å²) in [4.78, 5) is 21.3. The fraction of sp³-hybridized carbons (Fsp3) is 0.294. The van der Waals surface area contributed by atoms with Gasteiger partial charge in [0.2, 0.25) is 5.91 Å². The van der Waals surface area contributed by atoms with E-state index in [9.17, 15) is 23.2 Å². The third-order valence-electron chi connectivity index (χ3n) is 3.99. The van der Waals surface area contributed by atoms with E-state index in [2.05, 4.69) is 37.7 Å². The van der Waals surface area contributed by atoms with Gasteiger partial charge in [0.1, 0.15) is 5.41 Å². The normalized spacial score (nSPS) is 18.3. The van der Waals surface area contributed by atoms with Gasteiger partial charge >= 0.3 is 12.1 Å². The van der Waals surface area contributed by atoms with Gasteiger partial charge in [0.15, 0.2) is 0 Å². The first-order valence-electron chi connectivity index (χ1n) is 8.12. The number of hydrogen-bond acceptors (Lipinski definition) is 5. The molecule has 1 amide bonds. The zero-order valence-electron chi connectivity index (χ0n) is 14.7. The molecule has 0 saturated carbocycles. The molecule has 1 aromatic heterocycles. The Labute approximate surface area is 171 Å². The van der Waals surface area contributed by atoms with Crippen molar-refractivity contribution in [1.82, 2.24) is 15.1 Å². The van der Waals surface area contributed by atoms with Crippen LogP contribution in [0.1, 0.15) is 6.42 Å². The van der Waals surface area contributed by atoms with Crippen LogP contribution in [0, 0.1) is 16.7 Å². The molecule has 0 bridgehead atoms. The first-order valence-corrected chi connectivity index (χ1v) is 8.91. The van der Waals surface area contributed by atoms with E-state index < -0.39 is 17.6 Å². The van der Waals surface area contributed by atoms with Crippen LogP contribution >= 0.6 is 15.9 Å². The van der Waals surface area contributed by atoms with Crippen molar-refractivity contribution >= 4 is 33.5 Å². The van der Waals surface area contributed by atoms with Gasteiger partial charge in [0, 0.05) is 11.0 Å². The number of hydrogen-bond donors (Lipinski definition) is 3. The molecule has 8 nitrogen and oxygen atoms in total. The topological polar surface area (TPSA) is 120 Å². The Morgan fingerprint density at radius 1 is 1.38 bits per heavy atom. The summed E-state index contributed by atoms with van der Waals surface area (Å²) in [5, 5.41) is 26.5. The molecule has 0 aliphatic carbocycles. The van der Waals surface area contributed by atoms with Gasteiger partial charge in [0.05, 0.1) is 29.8 Å². The third kappa shape index (κ3) is 5.55. The molecule has 2 aromatic rings. The van der Waals surface area contributed by atoms with E-state index >= 15 is 0 Å². The highest BCUT2D eigenvalue weighted by Crippen LogP contribution is 2.27. The highest BCUT2D eigenvalue weighted by Gasteiger charge is 2.41. The number of aliphatic carboxylic acids is 1. The second-order valence-corrected chi connectivity index (χ2v) is 6.86. The number of amides is 1. The van der Waals surface area contributed by atoms with Crippen LogP contribution in [-0.4, -0.2) is 46.0 Å². The van der Waals surface area contributed by atoms with Crippen LogP contribution < -0.4 is 10.6 Å². The number of aromatic nitrogens is 2. The van der Waals surface area contributed by atoms with Crippen LogP contribution in [0.2, 0.25) is 0 Å². The van der Waals surface area contributed by atoms with E-state index in [4.69, 9.17) is 9.90 Å². The van der Waals surface area contributed by atoms with E-state index in [1.165, 1.54) is 0 Å². The number of nitrogens with zero attached hydrogens (tertiary/aromatic N) is 3. The average Bonchev–Trinajstić information content (AvgIpc) is 3.32. The maximum Gasteiger partial charge on any atom is 0.490 e. The smallest absolute Gasteiger partial charge is 0.475 e. The van der Waals surface area contributed by atoms with Gasteiger partial charge in [-0.25, -0.2) is 9.48 Å². The molecule has 3 N–H and O–H groups in total. The van der Waals surface area contributed by atoms with Gasteiger partial charge in [-0.2, -0.15) is 23.5 Å². The lowest BCUT2D eigenvalue weighted by atomic mass is 9.88. The van der Waals surface area contributed by atoms with Crippen molar-refractivity contribution in [3.05, 3.63) is 41.1 Å². The molecule has 1 aliphatic heterocycles. The number of nitriles is 1. The van der Waals surface area contributed by atoms with Crippen LogP contribution in [0.5, 0.6) is 0 Å². The highest BCUT2D eigenvalue weighted by atomic mass is 79.9. The second kappa shape index (κ2) is 9.06. The Morgan fingerprint density at radius 3 is 2.55 bits per heavy atom. The first kappa shape index (κ1) is 22.4. The van der Waals surface area contributed by atoms with Gasteiger partial charge in [-0.15, -0.1) is 0 Å². The zero-order chi connectivity index (χ0) is 21.7. The first-order chi connectivity index (χ1) is 13.6. The van der Waals surface area contributed by atoms with Crippen LogP contribution in [0.4, 0.5) is 18.9 Å². The maximum atomic E-state index is 12.4. The van der Waals surface area contributed by atoms with E-state index in [-0.39, 0.29) is 5.91 Å². The summed E-state index contributed by atoms with van der Waals surface area (Å²) in [6, 6.07) is 9.81. The molecule has 154 valence electrons. The summed E-state index contributed by atoms with van der Waals surface area (Å²) < 4.78 is 34.3. The fourth-order valence-electron chi connectivity index (χ4n) is 2.44. The number of carboxylic acid groups (broad SMARTS) is 1. The SMILES string of the molecule is N#CC1(C(=O)Nc2cnn(-c3ccccc3Br)c2)CCNC1.O=C(O)C(F)(F)F. The number of para-hydroxylation sites is 1. The lowest BCUT2D eigenvalue weighted by molar-refractivity contribution is -0.192. The van der Waals surface area contributed by atoms with Crippen molar-refractivity contribution < 1.29 is 27.9 Å². The summed E-state index contributed by atoms with van der Waals surface area (Å²) >= 11 is 3.47. The predicted octanol–water partition coefficient (Wildman–Crippen LogP) is 2.71. The number of alkyl halides is 3. The Kier molecular flexibility index (Phi) is 6.99. The van der Waals surface area contributed by atoms with Gasteiger partial charge in [-0.05, 0) is 41.0 Å². The molecule has 1 fully saturated rings. The van der Waals surface area contributed by atoms with Crippen molar-refractivity contribution in [2.45, 2.75) is 12.6 Å². The molecule has 1 atom stereocenters. The molecule has 0 radical (unpaired) electrons. The lowest BCUT2D eigenvalue weighted by Crippen LogP contribution is -2.36. The Morgan fingerprint density at radius 2 is 2.03 bits per heavy atom. The monoisotopic (exact) mass is 473 g/mol. The van der Waals surface area contributed by atoms with Crippen LogP contribution in [0.15, 0.2) is 41.1 Å². The lowest BCUT2D eigenvalue weighted by Gasteiger charge is -2.17.